The van der Waals surface area contributed by atoms with E-state index in [1.165, 1.54) is 50.5 Å². The number of hydrogen-bond acceptors (Lipinski definition) is 1. The third-order valence-corrected chi connectivity index (χ3v) is 4.53. The summed E-state index contributed by atoms with van der Waals surface area (Å²) in [6.45, 7) is 9.64. The fourth-order valence-corrected chi connectivity index (χ4v) is 2.80. The predicted octanol–water partition coefficient (Wildman–Crippen LogP) is 6.25. The van der Waals surface area contributed by atoms with Gasteiger partial charge in [0.1, 0.15) is 0 Å². The molecule has 1 rings (SSSR count). The molecule has 1 amide bonds. The molecular weight excluding hydrogens is 306 g/mol. The molecule has 0 atom stereocenters. The van der Waals surface area contributed by atoms with Gasteiger partial charge in [0.2, 0.25) is 5.91 Å². The molecule has 1 N–H and O–H groups in total. The molecule has 0 radical (unpaired) electrons. The van der Waals surface area contributed by atoms with Crippen LogP contribution in [0.25, 0.3) is 6.08 Å². The number of nitrogens with one attached hydrogen (secondary N) is 1. The predicted molar refractivity (Wildman–Crippen MR) is 110 cm³/mol. The Morgan fingerprint density at radius 1 is 0.920 bits per heavy atom. The molecule has 0 aliphatic rings. The fraction of sp³-hybridized carbons (Fsp3) is 0.609. The molecule has 0 aliphatic heterocycles. The van der Waals surface area contributed by atoms with E-state index < -0.39 is 0 Å². The number of hydrogen-bond donors (Lipinski definition) is 1. The number of unbranched alkanes of at least 4 members (excludes halogenated alkanes) is 7. The van der Waals surface area contributed by atoms with Crippen LogP contribution in [0, 0.1) is 0 Å². The van der Waals surface area contributed by atoms with Crippen molar-refractivity contribution in [3.63, 3.8) is 0 Å². The van der Waals surface area contributed by atoms with Crippen LogP contribution in [0.1, 0.15) is 90.2 Å². The van der Waals surface area contributed by atoms with Crippen LogP contribution in [0.15, 0.2) is 30.3 Å². The fourth-order valence-electron chi connectivity index (χ4n) is 2.80. The highest BCUT2D eigenvalue weighted by atomic mass is 16.1. The molecular formula is C23H37NO. The SMILES string of the molecule is CCCCCCCCCCNC(=O)/C=C/c1ccc(C(C)(C)C)cc1. The Labute approximate surface area is 155 Å². The van der Waals surface area contributed by atoms with E-state index >= 15 is 0 Å². The number of amides is 1. The van der Waals surface area contributed by atoms with Gasteiger partial charge >= 0.3 is 0 Å². The zero-order valence-electron chi connectivity index (χ0n) is 16.7. The summed E-state index contributed by atoms with van der Waals surface area (Å²) in [5.41, 5.74) is 2.54. The van der Waals surface area contributed by atoms with Crippen LogP contribution in [0.4, 0.5) is 0 Å². The van der Waals surface area contributed by atoms with Crippen molar-refractivity contribution < 1.29 is 4.79 Å². The van der Waals surface area contributed by atoms with Gasteiger partial charge in [-0.3, -0.25) is 4.79 Å². The molecule has 1 aromatic rings. The maximum atomic E-state index is 11.9. The van der Waals surface area contributed by atoms with Crippen LogP contribution in [-0.4, -0.2) is 12.5 Å². The van der Waals surface area contributed by atoms with Crippen molar-refractivity contribution in [3.05, 3.63) is 41.5 Å². The van der Waals surface area contributed by atoms with Crippen LogP contribution < -0.4 is 5.32 Å². The first kappa shape index (κ1) is 21.5. The molecule has 0 aromatic heterocycles. The van der Waals surface area contributed by atoms with E-state index in [1.807, 2.05) is 6.08 Å². The second-order valence-corrected chi connectivity index (χ2v) is 7.97. The van der Waals surface area contributed by atoms with Gasteiger partial charge in [0, 0.05) is 12.6 Å². The summed E-state index contributed by atoms with van der Waals surface area (Å²) in [6, 6.07) is 8.42. The second kappa shape index (κ2) is 11.9. The summed E-state index contributed by atoms with van der Waals surface area (Å²) in [5.74, 6) is 0.00263. The van der Waals surface area contributed by atoms with E-state index in [2.05, 4.69) is 57.3 Å². The summed E-state index contributed by atoms with van der Waals surface area (Å²) in [6.07, 6.45) is 13.8. The molecule has 0 saturated heterocycles. The normalized spacial score (nSPS) is 11.8. The van der Waals surface area contributed by atoms with Gasteiger partial charge in [-0.05, 0) is 29.0 Å². The first-order valence-electron chi connectivity index (χ1n) is 10.00. The molecule has 1 aromatic carbocycles. The monoisotopic (exact) mass is 343 g/mol. The van der Waals surface area contributed by atoms with Crippen LogP contribution in [-0.2, 0) is 10.2 Å². The molecule has 0 saturated carbocycles. The van der Waals surface area contributed by atoms with Crippen molar-refractivity contribution in [2.24, 2.45) is 0 Å². The molecule has 140 valence electrons. The van der Waals surface area contributed by atoms with Gasteiger partial charge in [-0.25, -0.2) is 0 Å². The summed E-state index contributed by atoms with van der Waals surface area (Å²) >= 11 is 0. The lowest BCUT2D eigenvalue weighted by molar-refractivity contribution is -0.116. The summed E-state index contributed by atoms with van der Waals surface area (Å²) in [7, 11) is 0. The number of rotatable bonds is 11. The van der Waals surface area contributed by atoms with Crippen LogP contribution in [0.5, 0.6) is 0 Å². The minimum Gasteiger partial charge on any atom is -0.353 e. The Bertz CT molecular complexity index is 508. The highest BCUT2D eigenvalue weighted by Gasteiger charge is 2.12. The third kappa shape index (κ3) is 10.1. The topological polar surface area (TPSA) is 29.1 Å². The van der Waals surface area contributed by atoms with E-state index in [0.717, 1.165) is 18.5 Å². The van der Waals surface area contributed by atoms with Gasteiger partial charge < -0.3 is 5.32 Å². The maximum absolute atomic E-state index is 11.9. The number of carbonyl (C=O) groups excluding carboxylic acids is 1. The van der Waals surface area contributed by atoms with E-state index in [1.54, 1.807) is 6.08 Å². The summed E-state index contributed by atoms with van der Waals surface area (Å²) in [4.78, 5) is 11.9. The Morgan fingerprint density at radius 3 is 2.04 bits per heavy atom. The largest absolute Gasteiger partial charge is 0.353 e. The van der Waals surface area contributed by atoms with Crippen molar-refractivity contribution in [2.75, 3.05) is 6.54 Å². The van der Waals surface area contributed by atoms with Gasteiger partial charge in [-0.2, -0.15) is 0 Å². The molecule has 0 bridgehead atoms. The molecule has 2 nitrogen and oxygen atoms in total. The molecule has 25 heavy (non-hydrogen) atoms. The lowest BCUT2D eigenvalue weighted by Crippen LogP contribution is -2.21. The average Bonchev–Trinajstić information content (AvgIpc) is 2.58. The van der Waals surface area contributed by atoms with Gasteiger partial charge in [0.05, 0.1) is 0 Å². The van der Waals surface area contributed by atoms with Gasteiger partial charge in [0.25, 0.3) is 0 Å². The van der Waals surface area contributed by atoms with Crippen molar-refractivity contribution in [1.82, 2.24) is 5.32 Å². The van der Waals surface area contributed by atoms with E-state index in [0.29, 0.717) is 0 Å². The quantitative estimate of drug-likeness (QED) is 0.373. The maximum Gasteiger partial charge on any atom is 0.243 e. The van der Waals surface area contributed by atoms with Gasteiger partial charge in [0.15, 0.2) is 0 Å². The number of benzene rings is 1. The highest BCUT2D eigenvalue weighted by Crippen LogP contribution is 2.22. The standard InChI is InChI=1S/C23H37NO/c1-5-6-7-8-9-10-11-12-19-24-22(25)18-15-20-13-16-21(17-14-20)23(2,3)4/h13-18H,5-12,19H2,1-4H3,(H,24,25)/b18-15+. The number of carbonyl (C=O) groups is 1. The van der Waals surface area contributed by atoms with Gasteiger partial charge in [-0.15, -0.1) is 0 Å². The lowest BCUT2D eigenvalue weighted by Gasteiger charge is -2.18. The van der Waals surface area contributed by atoms with Crippen LogP contribution in [0.3, 0.4) is 0 Å². The van der Waals surface area contributed by atoms with Crippen LogP contribution >= 0.6 is 0 Å². The molecule has 0 fully saturated rings. The minimum absolute atomic E-state index is 0.00263. The zero-order chi connectivity index (χ0) is 18.5. The third-order valence-electron chi connectivity index (χ3n) is 4.53. The zero-order valence-corrected chi connectivity index (χ0v) is 16.7. The minimum atomic E-state index is 0.00263. The Hall–Kier alpha value is -1.57. The Kier molecular flexibility index (Phi) is 10.2. The average molecular weight is 344 g/mol. The molecule has 0 aliphatic carbocycles. The summed E-state index contributed by atoms with van der Waals surface area (Å²) < 4.78 is 0. The second-order valence-electron chi connectivity index (χ2n) is 7.97. The van der Waals surface area contributed by atoms with Crippen molar-refractivity contribution in [1.29, 1.82) is 0 Å². The van der Waals surface area contributed by atoms with E-state index in [-0.39, 0.29) is 11.3 Å². The van der Waals surface area contributed by atoms with Crippen molar-refractivity contribution in [2.45, 2.75) is 84.5 Å². The van der Waals surface area contributed by atoms with Crippen LogP contribution in [0.2, 0.25) is 0 Å². The van der Waals surface area contributed by atoms with E-state index in [4.69, 9.17) is 0 Å². The van der Waals surface area contributed by atoms with Gasteiger partial charge in [-0.1, -0.05) is 96.9 Å². The highest BCUT2D eigenvalue weighted by molar-refractivity contribution is 5.91. The van der Waals surface area contributed by atoms with Crippen molar-refractivity contribution >= 4 is 12.0 Å². The molecule has 0 heterocycles. The smallest absolute Gasteiger partial charge is 0.243 e. The van der Waals surface area contributed by atoms with E-state index in [9.17, 15) is 4.79 Å². The lowest BCUT2D eigenvalue weighted by atomic mass is 9.87. The molecule has 2 heteroatoms. The Morgan fingerprint density at radius 2 is 1.48 bits per heavy atom. The first-order valence-corrected chi connectivity index (χ1v) is 10.00. The summed E-state index contributed by atoms with van der Waals surface area (Å²) in [5, 5.41) is 2.97. The molecule has 0 spiro atoms. The molecule has 0 unspecified atom stereocenters. The van der Waals surface area contributed by atoms with Crippen molar-refractivity contribution in [3.8, 4) is 0 Å². The Balaban J connectivity index is 2.16. The first-order chi connectivity index (χ1) is 11.9.